The number of hydrogen-bond acceptors (Lipinski definition) is 6. The third kappa shape index (κ3) is 6.19. The highest BCUT2D eigenvalue weighted by Crippen LogP contribution is 2.24. The average Bonchev–Trinajstić information content (AvgIpc) is 2.63. The van der Waals surface area contributed by atoms with E-state index in [-0.39, 0.29) is 12.5 Å². The fourth-order valence-electron chi connectivity index (χ4n) is 2.09. The van der Waals surface area contributed by atoms with E-state index in [1.165, 1.54) is 7.11 Å². The largest absolute Gasteiger partial charge is 0.448 e. The molecule has 1 aromatic rings. The summed E-state index contributed by atoms with van der Waals surface area (Å²) in [6, 6.07) is -0.577. The standard InChI is InChI=1S/C13H14F4N2O3.C2H6.CH4O/c1-5(21-2)3-6-4-7(20)22-13(18-6)8-9(14)11(16)19-12(17)10(8)15;2*1-2/h5-7,20H,3-4H2,1-2H3;1-2H3;2H,1H3. The topological polar surface area (TPSA) is 84.2 Å². The van der Waals surface area contributed by atoms with E-state index < -0.39 is 47.3 Å². The van der Waals surface area contributed by atoms with Gasteiger partial charge in [-0.1, -0.05) is 13.8 Å². The number of aliphatic imine (C=N–C) groups is 1. The number of aliphatic hydroxyl groups excluding tert-OH is 2. The Balaban J connectivity index is 0.00000146. The van der Waals surface area contributed by atoms with Crippen LogP contribution in [0.25, 0.3) is 0 Å². The van der Waals surface area contributed by atoms with Crippen LogP contribution in [0.3, 0.4) is 0 Å². The first kappa shape index (κ1) is 24.2. The summed E-state index contributed by atoms with van der Waals surface area (Å²) < 4.78 is 63.6. The summed E-state index contributed by atoms with van der Waals surface area (Å²) in [6.45, 7) is 5.74. The van der Waals surface area contributed by atoms with Gasteiger partial charge in [0.2, 0.25) is 12.2 Å². The minimum Gasteiger partial charge on any atom is -0.448 e. The van der Waals surface area contributed by atoms with E-state index in [1.54, 1.807) is 6.92 Å². The summed E-state index contributed by atoms with van der Waals surface area (Å²) in [5.41, 5.74) is -1.13. The number of aliphatic hydroxyl groups is 2. The van der Waals surface area contributed by atoms with Gasteiger partial charge in [0.05, 0.1) is 12.1 Å². The molecule has 0 radical (unpaired) electrons. The molecule has 0 fully saturated rings. The maximum absolute atomic E-state index is 13.7. The van der Waals surface area contributed by atoms with Crippen LogP contribution in [0.5, 0.6) is 0 Å². The summed E-state index contributed by atoms with van der Waals surface area (Å²) in [4.78, 5) is 6.36. The van der Waals surface area contributed by atoms with Gasteiger partial charge in [0.25, 0.3) is 11.9 Å². The summed E-state index contributed by atoms with van der Waals surface area (Å²) >= 11 is 0. The predicted octanol–water partition coefficient (Wildman–Crippen LogP) is 2.55. The number of aromatic nitrogens is 1. The van der Waals surface area contributed by atoms with E-state index in [4.69, 9.17) is 14.6 Å². The Morgan fingerprint density at radius 3 is 2.12 bits per heavy atom. The zero-order valence-corrected chi connectivity index (χ0v) is 15.3. The summed E-state index contributed by atoms with van der Waals surface area (Å²) in [5, 5.41) is 16.6. The van der Waals surface area contributed by atoms with Gasteiger partial charge in [0, 0.05) is 20.6 Å². The molecule has 150 valence electrons. The molecule has 2 heterocycles. The van der Waals surface area contributed by atoms with Gasteiger partial charge in [-0.05, 0) is 13.3 Å². The maximum atomic E-state index is 13.7. The van der Waals surface area contributed by atoms with Crippen molar-refractivity contribution in [3.05, 3.63) is 29.1 Å². The molecule has 3 unspecified atom stereocenters. The molecule has 0 aromatic carbocycles. The van der Waals surface area contributed by atoms with Crippen molar-refractivity contribution < 1.29 is 37.2 Å². The van der Waals surface area contributed by atoms with Gasteiger partial charge in [-0.2, -0.15) is 13.8 Å². The second kappa shape index (κ2) is 11.8. The molecule has 6 nitrogen and oxygen atoms in total. The van der Waals surface area contributed by atoms with E-state index in [2.05, 4.69) is 9.98 Å². The number of rotatable bonds is 4. The minimum absolute atomic E-state index is 0.0660. The highest BCUT2D eigenvalue weighted by atomic mass is 19.2. The third-order valence-electron chi connectivity index (χ3n) is 3.24. The first-order chi connectivity index (χ1) is 12.3. The molecule has 3 atom stereocenters. The third-order valence-corrected chi connectivity index (χ3v) is 3.24. The monoisotopic (exact) mass is 384 g/mol. The van der Waals surface area contributed by atoms with Crippen molar-refractivity contribution >= 4 is 5.90 Å². The van der Waals surface area contributed by atoms with Crippen molar-refractivity contribution in [1.29, 1.82) is 0 Å². The zero-order valence-electron chi connectivity index (χ0n) is 15.3. The number of halogens is 4. The van der Waals surface area contributed by atoms with Crippen molar-refractivity contribution in [3.8, 4) is 0 Å². The molecule has 1 aliphatic heterocycles. The quantitative estimate of drug-likeness (QED) is 0.616. The molecule has 0 saturated heterocycles. The lowest BCUT2D eigenvalue weighted by Crippen LogP contribution is -2.33. The van der Waals surface area contributed by atoms with E-state index in [0.29, 0.717) is 6.42 Å². The van der Waals surface area contributed by atoms with E-state index in [0.717, 1.165) is 7.11 Å². The molecule has 0 saturated carbocycles. The van der Waals surface area contributed by atoms with Crippen LogP contribution in [0.15, 0.2) is 4.99 Å². The first-order valence-corrected chi connectivity index (χ1v) is 7.93. The second-order valence-corrected chi connectivity index (χ2v) is 4.87. The average molecular weight is 384 g/mol. The Morgan fingerprint density at radius 1 is 1.15 bits per heavy atom. The zero-order chi connectivity index (χ0) is 20.4. The fourth-order valence-corrected chi connectivity index (χ4v) is 2.09. The molecule has 1 aliphatic rings. The van der Waals surface area contributed by atoms with Crippen LogP contribution in [-0.4, -0.2) is 53.8 Å². The normalized spacial score (nSPS) is 19.9. The molecule has 2 N–H and O–H groups in total. The Bertz CT molecular complexity index is 576. The van der Waals surface area contributed by atoms with Gasteiger partial charge in [-0.15, -0.1) is 0 Å². The molecule has 1 aromatic heterocycles. The van der Waals surface area contributed by atoms with Crippen LogP contribution in [0.2, 0.25) is 0 Å². The van der Waals surface area contributed by atoms with Crippen molar-refractivity contribution in [2.75, 3.05) is 14.2 Å². The van der Waals surface area contributed by atoms with Crippen LogP contribution in [0.4, 0.5) is 17.6 Å². The SMILES string of the molecule is CC.CO.COC(C)CC1CC(O)OC(c2c(F)c(F)nc(F)c2F)=N1. The Kier molecular flexibility index (Phi) is 11.0. The van der Waals surface area contributed by atoms with Crippen LogP contribution >= 0.6 is 0 Å². The van der Waals surface area contributed by atoms with Gasteiger partial charge in [-0.3, -0.25) is 0 Å². The molecule has 26 heavy (non-hydrogen) atoms. The predicted molar refractivity (Wildman–Crippen MR) is 86.7 cm³/mol. The van der Waals surface area contributed by atoms with E-state index in [9.17, 15) is 22.7 Å². The molecular formula is C16H24F4N2O4. The van der Waals surface area contributed by atoms with Gasteiger partial charge < -0.3 is 19.7 Å². The molecule has 10 heteroatoms. The minimum atomic E-state index is -1.82. The molecule has 0 bridgehead atoms. The first-order valence-electron chi connectivity index (χ1n) is 7.93. The van der Waals surface area contributed by atoms with Crippen molar-refractivity contribution in [3.63, 3.8) is 0 Å². The number of hydrogen-bond donors (Lipinski definition) is 2. The molecule has 0 spiro atoms. The maximum Gasteiger partial charge on any atom is 0.252 e. The van der Waals surface area contributed by atoms with E-state index in [1.807, 2.05) is 13.8 Å². The van der Waals surface area contributed by atoms with Crippen LogP contribution in [-0.2, 0) is 9.47 Å². The van der Waals surface area contributed by atoms with Crippen LogP contribution in [0, 0.1) is 23.5 Å². The molecule has 0 amide bonds. The highest BCUT2D eigenvalue weighted by Gasteiger charge is 2.32. The highest BCUT2D eigenvalue weighted by molar-refractivity contribution is 5.95. The van der Waals surface area contributed by atoms with Gasteiger partial charge in [0.15, 0.2) is 11.6 Å². The summed E-state index contributed by atoms with van der Waals surface area (Å²) in [5.74, 6) is -7.80. The van der Waals surface area contributed by atoms with Crippen LogP contribution < -0.4 is 0 Å². The van der Waals surface area contributed by atoms with Gasteiger partial charge >= 0.3 is 0 Å². The van der Waals surface area contributed by atoms with Gasteiger partial charge in [-0.25, -0.2) is 13.8 Å². The smallest absolute Gasteiger partial charge is 0.252 e. The number of nitrogens with zero attached hydrogens (tertiary/aromatic N) is 2. The Morgan fingerprint density at radius 2 is 1.65 bits per heavy atom. The Labute approximate surface area is 149 Å². The lowest BCUT2D eigenvalue weighted by molar-refractivity contribution is -0.0502. The number of pyridine rings is 1. The lowest BCUT2D eigenvalue weighted by Gasteiger charge is -2.27. The Hall–Kier alpha value is -1.78. The lowest BCUT2D eigenvalue weighted by atomic mass is 10.1. The molecule has 2 rings (SSSR count). The number of ether oxygens (including phenoxy) is 2. The molecule has 0 aliphatic carbocycles. The van der Waals surface area contributed by atoms with Crippen LogP contribution in [0.1, 0.15) is 39.2 Å². The second-order valence-electron chi connectivity index (χ2n) is 4.87. The fraction of sp³-hybridized carbons (Fsp3) is 0.625. The summed E-state index contributed by atoms with van der Waals surface area (Å²) in [7, 11) is 2.47. The number of methoxy groups -OCH3 is 1. The van der Waals surface area contributed by atoms with Crippen molar-refractivity contribution in [2.45, 2.75) is 52.0 Å². The van der Waals surface area contributed by atoms with Crippen molar-refractivity contribution in [1.82, 2.24) is 4.98 Å². The molecular weight excluding hydrogens is 360 g/mol. The van der Waals surface area contributed by atoms with E-state index >= 15 is 0 Å². The van der Waals surface area contributed by atoms with Crippen molar-refractivity contribution in [2.24, 2.45) is 4.99 Å². The summed E-state index contributed by atoms with van der Waals surface area (Å²) in [6.07, 6.45) is -1.24. The van der Waals surface area contributed by atoms with Gasteiger partial charge in [0.1, 0.15) is 5.56 Å².